The van der Waals surface area contributed by atoms with E-state index in [0.717, 1.165) is 22.7 Å². The smallest absolute Gasteiger partial charge is 0.0736 e. The summed E-state index contributed by atoms with van der Waals surface area (Å²) in [4.78, 5) is 7.77. The van der Waals surface area contributed by atoms with Crippen molar-refractivity contribution in [1.82, 2.24) is 4.57 Å². The maximum Gasteiger partial charge on any atom is 0.0736 e. The molecule has 0 saturated carbocycles. The molecule has 3 heterocycles. The predicted molar refractivity (Wildman–Crippen MR) is 324 cm³/mol. The summed E-state index contributed by atoms with van der Waals surface area (Å²) in [6.07, 6.45) is 0. The first-order valence-corrected chi connectivity index (χ1v) is 28.5. The Labute approximate surface area is 461 Å². The first kappa shape index (κ1) is 44.1. The van der Waals surface area contributed by atoms with E-state index in [9.17, 15) is 0 Å². The molecule has 0 bridgehead atoms. The minimum absolute atomic E-state index is 0.519. The van der Waals surface area contributed by atoms with Crippen LogP contribution in [0.4, 0.5) is 17.1 Å². The van der Waals surface area contributed by atoms with E-state index in [-0.39, 0.29) is 0 Å². The molecule has 0 N–H and O–H groups in total. The van der Waals surface area contributed by atoms with Gasteiger partial charge < -0.3 is 9.47 Å². The highest BCUT2D eigenvalue weighted by Gasteiger charge is 2.53. The standard InChI is InChI=1S/C74H46N2S2/c1-2-19-49(20-3-1)76-65-31-13-6-22-54(65)56-45-48(39-44-66(56)76)47-37-40-50(41-38-47)75(51-42-43-53-52-21-4-7-24-57(52)74(64(53)46-51)61-28-11-16-35-70(61)78-71-36-17-12-29-62(71)74)67-32-18-30-63-72(67)55-23-5-8-25-58(55)73(63)59-26-9-14-33-68(59)77-69-34-15-10-27-60(69)73/h1-46H. The molecule has 4 heteroatoms. The molecule has 2 aliphatic heterocycles. The van der Waals surface area contributed by atoms with Crippen LogP contribution in [-0.2, 0) is 10.8 Å². The van der Waals surface area contributed by atoms with Crippen molar-refractivity contribution in [2.24, 2.45) is 0 Å². The van der Waals surface area contributed by atoms with E-state index in [4.69, 9.17) is 0 Å². The van der Waals surface area contributed by atoms with Crippen LogP contribution < -0.4 is 4.90 Å². The maximum atomic E-state index is 2.57. The van der Waals surface area contributed by atoms with E-state index in [0.29, 0.717) is 0 Å². The maximum absolute atomic E-state index is 2.57. The van der Waals surface area contributed by atoms with Gasteiger partial charge in [0.15, 0.2) is 0 Å². The Morgan fingerprint density at radius 2 is 0.769 bits per heavy atom. The molecule has 13 aromatic rings. The third-order valence-corrected chi connectivity index (χ3v) is 19.6. The zero-order valence-electron chi connectivity index (χ0n) is 42.3. The summed E-state index contributed by atoms with van der Waals surface area (Å²) in [6, 6.07) is 105. The quantitative estimate of drug-likeness (QED) is 0.170. The average molecular weight is 1030 g/mol. The molecule has 0 atom stereocenters. The zero-order chi connectivity index (χ0) is 51.1. The molecule has 2 spiro atoms. The Balaban J connectivity index is 0.911. The van der Waals surface area contributed by atoms with E-state index in [1.165, 1.54) is 119 Å². The molecule has 0 unspecified atom stereocenters. The lowest BCUT2D eigenvalue weighted by molar-refractivity contribution is 0.722. The highest BCUT2D eigenvalue weighted by molar-refractivity contribution is 7.99. The van der Waals surface area contributed by atoms with Gasteiger partial charge in [-0.2, -0.15) is 0 Å². The molecule has 2 nitrogen and oxygen atoms in total. The number of aromatic nitrogens is 1. The van der Waals surface area contributed by atoms with Gasteiger partial charge in [0.2, 0.25) is 0 Å². The minimum Gasteiger partial charge on any atom is -0.310 e. The Hall–Kier alpha value is -9.06. The van der Waals surface area contributed by atoms with Crippen LogP contribution in [0.5, 0.6) is 0 Å². The van der Waals surface area contributed by atoms with Gasteiger partial charge in [-0.3, -0.25) is 0 Å². The molecule has 78 heavy (non-hydrogen) atoms. The lowest BCUT2D eigenvalue weighted by atomic mass is 9.67. The number of para-hydroxylation sites is 2. The summed E-state index contributed by atoms with van der Waals surface area (Å²) in [5.74, 6) is 0. The van der Waals surface area contributed by atoms with Crippen molar-refractivity contribution in [1.29, 1.82) is 0 Å². The molecular formula is C74H46N2S2. The molecule has 1 aromatic heterocycles. The van der Waals surface area contributed by atoms with Gasteiger partial charge in [0.25, 0.3) is 0 Å². The molecule has 17 rings (SSSR count). The highest BCUT2D eigenvalue weighted by atomic mass is 32.2. The molecule has 0 saturated heterocycles. The van der Waals surface area contributed by atoms with Gasteiger partial charge in [0.1, 0.15) is 0 Å². The number of fused-ring (bicyclic) bond motifs is 21. The van der Waals surface area contributed by atoms with Gasteiger partial charge in [-0.15, -0.1) is 0 Å². The summed E-state index contributed by atoms with van der Waals surface area (Å²) in [5.41, 5.74) is 23.9. The number of benzene rings is 12. The van der Waals surface area contributed by atoms with Crippen LogP contribution in [-0.4, -0.2) is 4.57 Å². The van der Waals surface area contributed by atoms with E-state index >= 15 is 0 Å². The van der Waals surface area contributed by atoms with Crippen molar-refractivity contribution in [3.8, 4) is 39.1 Å². The molecule has 4 aliphatic rings. The van der Waals surface area contributed by atoms with Crippen molar-refractivity contribution in [3.63, 3.8) is 0 Å². The van der Waals surface area contributed by atoms with Crippen molar-refractivity contribution in [2.45, 2.75) is 30.4 Å². The van der Waals surface area contributed by atoms with Gasteiger partial charge in [0, 0.05) is 53.0 Å². The van der Waals surface area contributed by atoms with E-state index in [1.807, 2.05) is 23.5 Å². The minimum atomic E-state index is -0.527. The molecule has 364 valence electrons. The van der Waals surface area contributed by atoms with Crippen LogP contribution in [0.25, 0.3) is 60.9 Å². The fourth-order valence-electron chi connectivity index (χ4n) is 14.3. The van der Waals surface area contributed by atoms with Crippen molar-refractivity contribution in [2.75, 3.05) is 4.90 Å². The molecular weight excluding hydrogens is 981 g/mol. The lowest BCUT2D eigenvalue weighted by Gasteiger charge is -2.40. The molecule has 0 amide bonds. The van der Waals surface area contributed by atoms with Gasteiger partial charge in [-0.05, 0) is 157 Å². The lowest BCUT2D eigenvalue weighted by Crippen LogP contribution is -2.32. The number of nitrogens with zero attached hydrogens (tertiary/aromatic N) is 2. The van der Waals surface area contributed by atoms with Crippen LogP contribution in [0.2, 0.25) is 0 Å². The summed E-state index contributed by atoms with van der Waals surface area (Å²) in [6.45, 7) is 0. The van der Waals surface area contributed by atoms with Crippen molar-refractivity contribution < 1.29 is 0 Å². The second-order valence-electron chi connectivity index (χ2n) is 21.0. The Morgan fingerprint density at radius 3 is 1.42 bits per heavy atom. The SMILES string of the molecule is c1ccc(-n2c3ccccc3c3cc(-c4ccc(N(c5ccc6c(c5)C5(c7ccccc7Sc7ccccc75)c5ccccc5-6)c5cccc6c5-c5ccccc5C65c6ccccc6Sc6ccccc65)cc4)ccc32)cc1. The first-order valence-electron chi connectivity index (χ1n) is 26.9. The van der Waals surface area contributed by atoms with Crippen LogP contribution in [0.15, 0.2) is 299 Å². The third kappa shape index (κ3) is 5.91. The fourth-order valence-corrected chi connectivity index (χ4v) is 16.7. The van der Waals surface area contributed by atoms with Crippen LogP contribution in [0, 0.1) is 0 Å². The average Bonchev–Trinajstić information content (AvgIpc) is 4.29. The number of hydrogen-bond donors (Lipinski definition) is 0. The van der Waals surface area contributed by atoms with Gasteiger partial charge >= 0.3 is 0 Å². The summed E-state index contributed by atoms with van der Waals surface area (Å²) in [5, 5.41) is 2.49. The molecule has 0 fully saturated rings. The summed E-state index contributed by atoms with van der Waals surface area (Å²) in [7, 11) is 0. The highest BCUT2D eigenvalue weighted by Crippen LogP contribution is 2.66. The normalized spacial score (nSPS) is 14.3. The number of hydrogen-bond acceptors (Lipinski definition) is 3. The predicted octanol–water partition coefficient (Wildman–Crippen LogP) is 19.6. The monoisotopic (exact) mass is 1030 g/mol. The number of anilines is 3. The van der Waals surface area contributed by atoms with Gasteiger partial charge in [0.05, 0.1) is 27.6 Å². The van der Waals surface area contributed by atoms with E-state index in [2.05, 4.69) is 289 Å². The first-order chi connectivity index (χ1) is 38.7. The summed E-state index contributed by atoms with van der Waals surface area (Å²) < 4.78 is 2.39. The second-order valence-corrected chi connectivity index (χ2v) is 23.2. The Bertz CT molecular complexity index is 4550. The second kappa shape index (κ2) is 16.7. The molecule has 2 aliphatic carbocycles. The van der Waals surface area contributed by atoms with Crippen LogP contribution >= 0.6 is 23.5 Å². The van der Waals surface area contributed by atoms with E-state index < -0.39 is 10.8 Å². The largest absolute Gasteiger partial charge is 0.310 e. The third-order valence-electron chi connectivity index (χ3n) is 17.3. The Kier molecular flexibility index (Phi) is 9.45. The topological polar surface area (TPSA) is 8.17 Å². The Morgan fingerprint density at radius 1 is 0.295 bits per heavy atom. The van der Waals surface area contributed by atoms with Crippen molar-refractivity contribution in [3.05, 3.63) is 324 Å². The van der Waals surface area contributed by atoms with Gasteiger partial charge in [-0.1, -0.05) is 218 Å². The van der Waals surface area contributed by atoms with Crippen LogP contribution in [0.1, 0.15) is 44.5 Å². The zero-order valence-corrected chi connectivity index (χ0v) is 43.9. The molecule has 12 aromatic carbocycles. The van der Waals surface area contributed by atoms with E-state index in [1.54, 1.807) is 0 Å². The van der Waals surface area contributed by atoms with Crippen LogP contribution in [0.3, 0.4) is 0 Å². The fraction of sp³-hybridized carbons (Fsp3) is 0.0270. The van der Waals surface area contributed by atoms with Gasteiger partial charge in [-0.25, -0.2) is 0 Å². The van der Waals surface area contributed by atoms with Crippen molar-refractivity contribution >= 4 is 62.4 Å². The summed E-state index contributed by atoms with van der Waals surface area (Å²) >= 11 is 3.78. The number of rotatable bonds is 5. The molecule has 0 radical (unpaired) electrons.